The Balaban J connectivity index is 1.40. The van der Waals surface area contributed by atoms with Crippen molar-refractivity contribution in [3.05, 3.63) is 77.7 Å². The van der Waals surface area contributed by atoms with Gasteiger partial charge in [0.05, 0.1) is 0 Å². The Morgan fingerprint density at radius 1 is 1.00 bits per heavy atom. The van der Waals surface area contributed by atoms with E-state index in [9.17, 15) is 4.39 Å². The lowest BCUT2D eigenvalue weighted by Gasteiger charge is -2.32. The van der Waals surface area contributed by atoms with Crippen LogP contribution in [-0.4, -0.2) is 23.1 Å². The predicted molar refractivity (Wildman–Crippen MR) is 112 cm³/mol. The van der Waals surface area contributed by atoms with Gasteiger partial charge in [-0.3, -0.25) is 0 Å². The first-order chi connectivity index (χ1) is 13.7. The summed E-state index contributed by atoms with van der Waals surface area (Å²) in [6.45, 7) is 3.91. The highest BCUT2D eigenvalue weighted by atomic mass is 19.1. The van der Waals surface area contributed by atoms with Gasteiger partial charge in [-0.25, -0.2) is 9.37 Å². The maximum absolute atomic E-state index is 13.1. The SMILES string of the molecule is Cc1cc(Nc2ccc(F)cc2)nc(N2CCC(Cc3ccccc3)CC2)n1. The standard InChI is InChI=1S/C23H25FN4/c1-17-15-22(26-21-9-7-20(24)8-10-21)27-23(25-17)28-13-11-19(12-14-28)16-18-5-3-2-4-6-18/h2-10,15,19H,11-14,16H2,1H3,(H,25,26,27). The molecule has 1 aromatic heterocycles. The van der Waals surface area contributed by atoms with E-state index in [0.717, 1.165) is 55.5 Å². The molecule has 0 bridgehead atoms. The van der Waals surface area contributed by atoms with Gasteiger partial charge < -0.3 is 10.2 Å². The lowest BCUT2D eigenvalue weighted by Crippen LogP contribution is -2.35. The third kappa shape index (κ3) is 4.66. The van der Waals surface area contributed by atoms with Crippen LogP contribution in [0.25, 0.3) is 0 Å². The highest BCUT2D eigenvalue weighted by Gasteiger charge is 2.21. The Bertz CT molecular complexity index is 904. The zero-order valence-corrected chi connectivity index (χ0v) is 16.1. The van der Waals surface area contributed by atoms with Gasteiger partial charge in [0, 0.05) is 30.5 Å². The summed E-state index contributed by atoms with van der Waals surface area (Å²) in [6, 6.07) is 18.9. The van der Waals surface area contributed by atoms with E-state index >= 15 is 0 Å². The van der Waals surface area contributed by atoms with Gasteiger partial charge in [-0.15, -0.1) is 0 Å². The molecular formula is C23H25FN4. The summed E-state index contributed by atoms with van der Waals surface area (Å²) in [6.07, 6.45) is 3.43. The van der Waals surface area contributed by atoms with Gasteiger partial charge in [0.1, 0.15) is 11.6 Å². The molecule has 0 radical (unpaired) electrons. The van der Waals surface area contributed by atoms with Crippen molar-refractivity contribution < 1.29 is 4.39 Å². The van der Waals surface area contributed by atoms with E-state index in [2.05, 4.69) is 45.5 Å². The number of hydrogen-bond acceptors (Lipinski definition) is 4. The Labute approximate surface area is 165 Å². The first kappa shape index (κ1) is 18.4. The van der Waals surface area contributed by atoms with Gasteiger partial charge in [-0.05, 0) is 61.9 Å². The second-order valence-corrected chi connectivity index (χ2v) is 7.45. The van der Waals surface area contributed by atoms with Crippen molar-refractivity contribution >= 4 is 17.5 Å². The first-order valence-electron chi connectivity index (χ1n) is 9.83. The van der Waals surface area contributed by atoms with Crippen molar-refractivity contribution in [1.82, 2.24) is 9.97 Å². The van der Waals surface area contributed by atoms with Crippen LogP contribution in [0.2, 0.25) is 0 Å². The number of halogens is 1. The zero-order chi connectivity index (χ0) is 19.3. The lowest BCUT2D eigenvalue weighted by atomic mass is 9.90. The quantitative estimate of drug-likeness (QED) is 0.670. The Morgan fingerprint density at radius 2 is 1.71 bits per heavy atom. The van der Waals surface area contributed by atoms with E-state index in [1.807, 2.05) is 13.0 Å². The maximum Gasteiger partial charge on any atom is 0.227 e. The number of nitrogens with one attached hydrogen (secondary N) is 1. The number of aryl methyl sites for hydroxylation is 1. The van der Waals surface area contributed by atoms with Crippen LogP contribution in [0, 0.1) is 18.7 Å². The maximum atomic E-state index is 13.1. The van der Waals surface area contributed by atoms with Gasteiger partial charge in [-0.2, -0.15) is 4.98 Å². The van der Waals surface area contributed by atoms with E-state index < -0.39 is 0 Å². The highest BCUT2D eigenvalue weighted by Crippen LogP contribution is 2.25. The average Bonchev–Trinajstić information content (AvgIpc) is 2.71. The molecule has 3 aromatic rings. The first-order valence-corrected chi connectivity index (χ1v) is 9.83. The highest BCUT2D eigenvalue weighted by molar-refractivity contribution is 5.57. The molecule has 2 heterocycles. The summed E-state index contributed by atoms with van der Waals surface area (Å²) in [4.78, 5) is 11.6. The molecule has 4 nitrogen and oxygen atoms in total. The van der Waals surface area contributed by atoms with Crippen molar-refractivity contribution in [2.75, 3.05) is 23.3 Å². The monoisotopic (exact) mass is 376 g/mol. The topological polar surface area (TPSA) is 41.1 Å². The smallest absolute Gasteiger partial charge is 0.227 e. The number of nitrogens with zero attached hydrogens (tertiary/aromatic N) is 3. The number of benzene rings is 2. The minimum atomic E-state index is -0.247. The van der Waals surface area contributed by atoms with Gasteiger partial charge in [0.2, 0.25) is 5.95 Å². The fourth-order valence-corrected chi connectivity index (χ4v) is 3.72. The van der Waals surface area contributed by atoms with Crippen molar-refractivity contribution in [3.63, 3.8) is 0 Å². The largest absolute Gasteiger partial charge is 0.341 e. The van der Waals surface area contributed by atoms with Gasteiger partial charge in [0.15, 0.2) is 0 Å². The van der Waals surface area contributed by atoms with Crippen LogP contribution < -0.4 is 10.2 Å². The van der Waals surface area contributed by atoms with E-state index in [1.165, 1.54) is 17.7 Å². The summed E-state index contributed by atoms with van der Waals surface area (Å²) in [5, 5.41) is 3.25. The van der Waals surface area contributed by atoms with Crippen LogP contribution in [0.4, 0.5) is 21.8 Å². The van der Waals surface area contributed by atoms with E-state index in [0.29, 0.717) is 5.92 Å². The molecular weight excluding hydrogens is 351 g/mol. The fourth-order valence-electron chi connectivity index (χ4n) is 3.72. The van der Waals surface area contributed by atoms with Gasteiger partial charge in [0.25, 0.3) is 0 Å². The third-order valence-corrected chi connectivity index (χ3v) is 5.22. The molecule has 0 amide bonds. The molecule has 4 rings (SSSR count). The normalized spacial score (nSPS) is 14.9. The molecule has 28 heavy (non-hydrogen) atoms. The lowest BCUT2D eigenvalue weighted by molar-refractivity contribution is 0.400. The molecule has 5 heteroatoms. The van der Waals surface area contributed by atoms with Crippen molar-refractivity contribution in [2.24, 2.45) is 5.92 Å². The Kier molecular flexibility index (Phi) is 5.51. The number of hydrogen-bond donors (Lipinski definition) is 1. The Hall–Kier alpha value is -2.95. The summed E-state index contributed by atoms with van der Waals surface area (Å²) in [5.41, 5.74) is 3.14. The van der Waals surface area contributed by atoms with Crippen LogP contribution in [0.3, 0.4) is 0 Å². The third-order valence-electron chi connectivity index (χ3n) is 5.22. The molecule has 0 atom stereocenters. The molecule has 0 saturated carbocycles. The van der Waals surface area contributed by atoms with Crippen LogP contribution in [0.5, 0.6) is 0 Å². The van der Waals surface area contributed by atoms with Crippen LogP contribution in [0.1, 0.15) is 24.1 Å². The van der Waals surface area contributed by atoms with Crippen LogP contribution >= 0.6 is 0 Å². The molecule has 0 aliphatic carbocycles. The summed E-state index contributed by atoms with van der Waals surface area (Å²) in [5.74, 6) is 1.96. The molecule has 1 saturated heterocycles. The van der Waals surface area contributed by atoms with Crippen LogP contribution in [-0.2, 0) is 6.42 Å². The van der Waals surface area contributed by atoms with Crippen LogP contribution in [0.15, 0.2) is 60.7 Å². The van der Waals surface area contributed by atoms with Crippen molar-refractivity contribution in [2.45, 2.75) is 26.2 Å². The molecule has 1 aliphatic heterocycles. The van der Waals surface area contributed by atoms with E-state index in [-0.39, 0.29) is 5.82 Å². The number of rotatable bonds is 5. The second-order valence-electron chi connectivity index (χ2n) is 7.45. The average molecular weight is 376 g/mol. The van der Waals surface area contributed by atoms with Crippen molar-refractivity contribution in [1.29, 1.82) is 0 Å². The molecule has 1 N–H and O–H groups in total. The number of anilines is 3. The minimum absolute atomic E-state index is 0.247. The Morgan fingerprint density at radius 3 is 2.43 bits per heavy atom. The molecule has 1 aliphatic rings. The molecule has 2 aromatic carbocycles. The predicted octanol–water partition coefficient (Wildman–Crippen LogP) is 5.13. The van der Waals surface area contributed by atoms with Gasteiger partial charge >= 0.3 is 0 Å². The molecule has 144 valence electrons. The van der Waals surface area contributed by atoms with E-state index in [4.69, 9.17) is 4.98 Å². The molecule has 0 spiro atoms. The van der Waals surface area contributed by atoms with E-state index in [1.54, 1.807) is 12.1 Å². The van der Waals surface area contributed by atoms with Gasteiger partial charge in [-0.1, -0.05) is 30.3 Å². The second kappa shape index (κ2) is 8.38. The number of aromatic nitrogens is 2. The minimum Gasteiger partial charge on any atom is -0.341 e. The summed E-state index contributed by atoms with van der Waals surface area (Å²) in [7, 11) is 0. The fraction of sp³-hybridized carbons (Fsp3) is 0.304. The zero-order valence-electron chi connectivity index (χ0n) is 16.1. The summed E-state index contributed by atoms with van der Waals surface area (Å²) >= 11 is 0. The molecule has 0 unspecified atom stereocenters. The summed E-state index contributed by atoms with van der Waals surface area (Å²) < 4.78 is 13.1. The van der Waals surface area contributed by atoms with Crippen molar-refractivity contribution in [3.8, 4) is 0 Å². The number of piperidine rings is 1. The molecule has 1 fully saturated rings.